The van der Waals surface area contributed by atoms with Crippen LogP contribution in [0.15, 0.2) is 24.3 Å². The van der Waals surface area contributed by atoms with Gasteiger partial charge in [-0.15, -0.1) is 0 Å². The van der Waals surface area contributed by atoms with Crippen molar-refractivity contribution in [2.75, 3.05) is 18.1 Å². The Bertz CT molecular complexity index is 544. The maximum atomic E-state index is 11.7. The van der Waals surface area contributed by atoms with Crippen LogP contribution in [0.3, 0.4) is 0 Å². The monoisotopic (exact) mass is 262 g/mol. The molecule has 1 atom stereocenters. The van der Waals surface area contributed by atoms with Gasteiger partial charge in [0.25, 0.3) is 5.91 Å². The second kappa shape index (κ2) is 4.97. The molecule has 1 aromatic rings. The van der Waals surface area contributed by atoms with Crippen LogP contribution in [-0.2, 0) is 9.59 Å². The SMILES string of the molecule is CN1C(=O)CC(NC(=O)Nc2cccc(N)c2)C1=O. The maximum absolute atomic E-state index is 11.7. The smallest absolute Gasteiger partial charge is 0.319 e. The predicted octanol–water partition coefficient (Wildman–Crippen LogP) is 0.148. The molecule has 2 rings (SSSR count). The first-order valence-corrected chi connectivity index (χ1v) is 5.71. The third-order valence-corrected chi connectivity index (χ3v) is 2.83. The number of rotatable bonds is 2. The van der Waals surface area contributed by atoms with Gasteiger partial charge in [-0.1, -0.05) is 6.07 Å². The van der Waals surface area contributed by atoms with Gasteiger partial charge in [-0.25, -0.2) is 4.79 Å². The summed E-state index contributed by atoms with van der Waals surface area (Å²) < 4.78 is 0. The summed E-state index contributed by atoms with van der Waals surface area (Å²) in [6.07, 6.45) is -0.0142. The number of anilines is 2. The Morgan fingerprint density at radius 1 is 1.42 bits per heavy atom. The molecule has 1 saturated heterocycles. The van der Waals surface area contributed by atoms with Crippen LogP contribution >= 0.6 is 0 Å². The lowest BCUT2D eigenvalue weighted by molar-refractivity contribution is -0.137. The first-order chi connectivity index (χ1) is 8.97. The molecule has 1 aliphatic rings. The topological polar surface area (TPSA) is 105 Å². The molecule has 0 saturated carbocycles. The summed E-state index contributed by atoms with van der Waals surface area (Å²) in [5, 5.41) is 5.00. The Balaban J connectivity index is 1.95. The van der Waals surface area contributed by atoms with Crippen molar-refractivity contribution >= 4 is 29.2 Å². The zero-order chi connectivity index (χ0) is 14.0. The van der Waals surface area contributed by atoms with Gasteiger partial charge in [0.15, 0.2) is 0 Å². The molecule has 4 N–H and O–H groups in total. The molecular formula is C12H14N4O3. The highest BCUT2D eigenvalue weighted by atomic mass is 16.2. The van der Waals surface area contributed by atoms with Crippen molar-refractivity contribution < 1.29 is 14.4 Å². The van der Waals surface area contributed by atoms with Crippen LogP contribution in [0.25, 0.3) is 0 Å². The van der Waals surface area contributed by atoms with Crippen LogP contribution in [0, 0.1) is 0 Å². The van der Waals surface area contributed by atoms with Crippen molar-refractivity contribution in [2.24, 2.45) is 0 Å². The average Bonchev–Trinajstić information content (AvgIpc) is 2.57. The van der Waals surface area contributed by atoms with Crippen LogP contribution in [0.5, 0.6) is 0 Å². The normalized spacial score (nSPS) is 18.6. The minimum absolute atomic E-state index is 0.0142. The van der Waals surface area contributed by atoms with E-state index in [-0.39, 0.29) is 12.3 Å². The number of nitrogens with two attached hydrogens (primary N) is 1. The number of likely N-dealkylation sites (N-methyl/N-ethyl adjacent to an activating group) is 1. The van der Waals surface area contributed by atoms with E-state index in [1.165, 1.54) is 7.05 Å². The highest BCUT2D eigenvalue weighted by Gasteiger charge is 2.36. The van der Waals surface area contributed by atoms with Crippen molar-refractivity contribution in [3.8, 4) is 0 Å². The predicted molar refractivity (Wildman–Crippen MR) is 69.2 cm³/mol. The zero-order valence-electron chi connectivity index (χ0n) is 10.3. The molecule has 19 heavy (non-hydrogen) atoms. The Labute approximate surface area is 109 Å². The van der Waals surface area contributed by atoms with Gasteiger partial charge < -0.3 is 16.4 Å². The Kier molecular flexibility index (Phi) is 3.37. The lowest BCUT2D eigenvalue weighted by Crippen LogP contribution is -2.42. The molecular weight excluding hydrogens is 248 g/mol. The van der Waals surface area contributed by atoms with Crippen molar-refractivity contribution in [2.45, 2.75) is 12.5 Å². The van der Waals surface area contributed by atoms with E-state index in [1.54, 1.807) is 24.3 Å². The quantitative estimate of drug-likeness (QED) is 0.521. The van der Waals surface area contributed by atoms with Crippen molar-refractivity contribution in [1.82, 2.24) is 10.2 Å². The van der Waals surface area contributed by atoms with Gasteiger partial charge in [0.1, 0.15) is 6.04 Å². The summed E-state index contributed by atoms with van der Waals surface area (Å²) in [4.78, 5) is 35.6. The molecule has 1 fully saturated rings. The van der Waals surface area contributed by atoms with Crippen LogP contribution < -0.4 is 16.4 Å². The fourth-order valence-electron chi connectivity index (χ4n) is 1.81. The summed E-state index contributed by atoms with van der Waals surface area (Å²) in [7, 11) is 1.39. The second-order valence-corrected chi connectivity index (χ2v) is 4.27. The van der Waals surface area contributed by atoms with E-state index in [2.05, 4.69) is 10.6 Å². The first kappa shape index (κ1) is 12.9. The number of carbonyl (C=O) groups is 3. The zero-order valence-corrected chi connectivity index (χ0v) is 10.3. The van der Waals surface area contributed by atoms with Gasteiger partial charge >= 0.3 is 6.03 Å². The van der Waals surface area contributed by atoms with E-state index in [1.807, 2.05) is 0 Å². The van der Waals surface area contributed by atoms with Crippen LogP contribution in [0.4, 0.5) is 16.2 Å². The number of hydrogen-bond donors (Lipinski definition) is 3. The van der Waals surface area contributed by atoms with Crippen molar-refractivity contribution in [1.29, 1.82) is 0 Å². The van der Waals surface area contributed by atoms with Crippen LogP contribution in [0.1, 0.15) is 6.42 Å². The maximum Gasteiger partial charge on any atom is 0.319 e. The number of nitrogens with one attached hydrogen (secondary N) is 2. The summed E-state index contributed by atoms with van der Waals surface area (Å²) in [5.74, 6) is -0.716. The number of hydrogen-bond acceptors (Lipinski definition) is 4. The van der Waals surface area contributed by atoms with E-state index in [4.69, 9.17) is 5.73 Å². The molecule has 0 aliphatic carbocycles. The van der Waals surface area contributed by atoms with Gasteiger partial charge in [0, 0.05) is 18.4 Å². The molecule has 0 spiro atoms. The van der Waals surface area contributed by atoms with E-state index in [9.17, 15) is 14.4 Å². The van der Waals surface area contributed by atoms with E-state index < -0.39 is 18.0 Å². The molecule has 0 radical (unpaired) electrons. The van der Waals surface area contributed by atoms with Gasteiger partial charge in [0.2, 0.25) is 5.91 Å². The minimum atomic E-state index is -0.807. The van der Waals surface area contributed by atoms with Crippen LogP contribution in [0.2, 0.25) is 0 Å². The molecule has 100 valence electrons. The van der Waals surface area contributed by atoms with Gasteiger partial charge in [-0.3, -0.25) is 14.5 Å². The van der Waals surface area contributed by atoms with Crippen molar-refractivity contribution in [3.63, 3.8) is 0 Å². The molecule has 7 nitrogen and oxygen atoms in total. The summed E-state index contributed by atoms with van der Waals surface area (Å²) in [5.41, 5.74) is 6.61. The third-order valence-electron chi connectivity index (χ3n) is 2.83. The lowest BCUT2D eigenvalue weighted by Gasteiger charge is -2.12. The Hall–Kier alpha value is -2.57. The largest absolute Gasteiger partial charge is 0.399 e. The minimum Gasteiger partial charge on any atom is -0.399 e. The highest BCUT2D eigenvalue weighted by Crippen LogP contribution is 2.13. The van der Waals surface area contributed by atoms with Gasteiger partial charge in [-0.05, 0) is 18.2 Å². The number of nitrogens with zero attached hydrogens (tertiary/aromatic N) is 1. The summed E-state index contributed by atoms with van der Waals surface area (Å²) >= 11 is 0. The standard InChI is InChI=1S/C12H14N4O3/c1-16-10(17)6-9(11(16)18)15-12(19)14-8-4-2-3-7(13)5-8/h2-5,9H,6,13H2,1H3,(H2,14,15,19). The van der Waals surface area contributed by atoms with E-state index >= 15 is 0 Å². The summed E-state index contributed by atoms with van der Waals surface area (Å²) in [6, 6.07) is 5.29. The second-order valence-electron chi connectivity index (χ2n) is 4.27. The molecule has 4 amide bonds. The van der Waals surface area contributed by atoms with E-state index in [0.717, 1.165) is 4.90 Å². The summed E-state index contributed by atoms with van der Waals surface area (Å²) in [6.45, 7) is 0. The Morgan fingerprint density at radius 3 is 2.74 bits per heavy atom. The number of urea groups is 1. The Morgan fingerprint density at radius 2 is 2.16 bits per heavy atom. The van der Waals surface area contributed by atoms with Crippen molar-refractivity contribution in [3.05, 3.63) is 24.3 Å². The first-order valence-electron chi connectivity index (χ1n) is 5.71. The average molecular weight is 262 g/mol. The third kappa shape index (κ3) is 2.82. The van der Waals surface area contributed by atoms with Gasteiger partial charge in [0.05, 0.1) is 6.42 Å². The fourth-order valence-corrected chi connectivity index (χ4v) is 1.81. The fraction of sp³-hybridized carbons (Fsp3) is 0.250. The molecule has 7 heteroatoms. The van der Waals surface area contributed by atoms with Crippen LogP contribution in [-0.4, -0.2) is 35.8 Å². The molecule has 0 aromatic heterocycles. The molecule has 1 unspecified atom stereocenters. The molecule has 1 heterocycles. The van der Waals surface area contributed by atoms with E-state index in [0.29, 0.717) is 11.4 Å². The highest BCUT2D eigenvalue weighted by molar-refractivity contribution is 6.07. The number of amides is 4. The molecule has 1 aliphatic heterocycles. The number of nitrogen functional groups attached to an aromatic ring is 1. The van der Waals surface area contributed by atoms with Gasteiger partial charge in [-0.2, -0.15) is 0 Å². The molecule has 1 aromatic carbocycles. The number of carbonyl (C=O) groups excluding carboxylic acids is 3. The number of likely N-dealkylation sites (tertiary alicyclic amines) is 1. The number of imide groups is 1. The lowest BCUT2D eigenvalue weighted by atomic mass is 10.2. The molecule has 0 bridgehead atoms. The number of benzene rings is 1.